The van der Waals surface area contributed by atoms with Crippen LogP contribution in [0.4, 0.5) is 0 Å². The molecule has 0 amide bonds. The van der Waals surface area contributed by atoms with E-state index in [0.717, 1.165) is 0 Å². The van der Waals surface area contributed by atoms with Gasteiger partial charge in [0, 0.05) is 0 Å². The Morgan fingerprint density at radius 3 is 2.33 bits per heavy atom. The van der Waals surface area contributed by atoms with Gasteiger partial charge in [-0.3, -0.25) is 4.79 Å². The Kier molecular flexibility index (Phi) is 3.46. The molecule has 0 unspecified atom stereocenters. The molecule has 1 heterocycles. The van der Waals surface area contributed by atoms with Gasteiger partial charge in [0.1, 0.15) is 6.29 Å². The molecule has 0 N–H and O–H groups in total. The molecule has 1 rings (SSSR count). The van der Waals surface area contributed by atoms with Crippen molar-refractivity contribution in [2.24, 2.45) is 5.41 Å². The molecule has 0 radical (unpaired) electrons. The first-order valence-electron chi connectivity index (χ1n) is 4.87. The van der Waals surface area contributed by atoms with E-state index in [1.54, 1.807) is 20.8 Å². The van der Waals surface area contributed by atoms with Gasteiger partial charge in [-0.1, -0.05) is 0 Å². The maximum Gasteiger partial charge on any atom is 0.324 e. The van der Waals surface area contributed by atoms with Gasteiger partial charge in [0.05, 0.1) is 19.8 Å². The van der Waals surface area contributed by atoms with Crippen LogP contribution in [0.2, 0.25) is 0 Å². The van der Waals surface area contributed by atoms with Crippen LogP contribution in [0, 0.1) is 5.41 Å². The summed E-state index contributed by atoms with van der Waals surface area (Å²) in [6.07, 6.45) is 0.542. The van der Waals surface area contributed by atoms with Crippen molar-refractivity contribution in [2.75, 3.05) is 19.8 Å². The second-order valence-corrected chi connectivity index (χ2v) is 3.97. The van der Waals surface area contributed by atoms with Crippen LogP contribution in [0.3, 0.4) is 0 Å². The number of aldehydes is 1. The summed E-state index contributed by atoms with van der Waals surface area (Å²) in [5.41, 5.74) is -1.30. The molecule has 0 aromatic carbocycles. The second kappa shape index (κ2) is 4.28. The molecule has 5 heteroatoms. The van der Waals surface area contributed by atoms with Gasteiger partial charge in [-0.2, -0.15) is 0 Å². The number of carbonyl (C=O) groups excluding carboxylic acids is 2. The van der Waals surface area contributed by atoms with E-state index in [9.17, 15) is 9.59 Å². The van der Waals surface area contributed by atoms with Crippen molar-refractivity contribution in [3.8, 4) is 0 Å². The monoisotopic (exact) mass is 216 g/mol. The number of ether oxygens (including phenoxy) is 3. The van der Waals surface area contributed by atoms with Gasteiger partial charge in [0.15, 0.2) is 11.2 Å². The number of rotatable bonds is 3. The second-order valence-electron chi connectivity index (χ2n) is 3.97. The summed E-state index contributed by atoms with van der Waals surface area (Å²) in [5.74, 6) is -1.34. The molecule has 1 saturated heterocycles. The average molecular weight is 216 g/mol. The summed E-state index contributed by atoms with van der Waals surface area (Å²) < 4.78 is 15.4. The van der Waals surface area contributed by atoms with Crippen molar-refractivity contribution < 1.29 is 23.8 Å². The van der Waals surface area contributed by atoms with Gasteiger partial charge in [0.25, 0.3) is 0 Å². The molecular formula is C10H16O5. The zero-order chi connectivity index (χ0) is 11.5. The summed E-state index contributed by atoms with van der Waals surface area (Å²) in [4.78, 5) is 22.5. The number of hydrogen-bond donors (Lipinski definition) is 0. The maximum atomic E-state index is 11.5. The lowest BCUT2D eigenvalue weighted by Crippen LogP contribution is -2.52. The highest BCUT2D eigenvalue weighted by Gasteiger charge is 2.47. The molecule has 0 saturated carbocycles. The first-order valence-corrected chi connectivity index (χ1v) is 4.87. The zero-order valence-electron chi connectivity index (χ0n) is 9.24. The molecule has 15 heavy (non-hydrogen) atoms. The van der Waals surface area contributed by atoms with Crippen molar-refractivity contribution >= 4 is 12.3 Å². The Balaban J connectivity index is 2.72. The van der Waals surface area contributed by atoms with Gasteiger partial charge in [-0.25, -0.2) is 0 Å². The molecule has 0 spiro atoms. The molecule has 0 aromatic rings. The first-order chi connectivity index (χ1) is 6.96. The van der Waals surface area contributed by atoms with Gasteiger partial charge in [-0.05, 0) is 20.8 Å². The number of carbonyl (C=O) groups is 2. The Morgan fingerprint density at radius 2 is 1.93 bits per heavy atom. The molecule has 0 aliphatic carbocycles. The normalized spacial score (nSPS) is 23.1. The van der Waals surface area contributed by atoms with Crippen molar-refractivity contribution in [2.45, 2.75) is 26.6 Å². The molecule has 1 fully saturated rings. The van der Waals surface area contributed by atoms with E-state index in [1.807, 2.05) is 0 Å². The highest BCUT2D eigenvalue weighted by Crippen LogP contribution is 2.29. The number of esters is 1. The standard InChI is InChI=1S/C10H16O5/c1-4-13-8(12)10(5-11)6-14-9(2,3)15-7-10/h5H,4,6-7H2,1-3H3. The van der Waals surface area contributed by atoms with Crippen LogP contribution in [0.1, 0.15) is 20.8 Å². The minimum Gasteiger partial charge on any atom is -0.465 e. The Hall–Kier alpha value is -0.940. The fourth-order valence-electron chi connectivity index (χ4n) is 1.20. The molecule has 0 aromatic heterocycles. The zero-order valence-corrected chi connectivity index (χ0v) is 9.24. The third-order valence-corrected chi connectivity index (χ3v) is 2.26. The van der Waals surface area contributed by atoms with E-state index < -0.39 is 17.2 Å². The van der Waals surface area contributed by atoms with E-state index in [-0.39, 0.29) is 19.8 Å². The summed E-state index contributed by atoms with van der Waals surface area (Å²) in [6, 6.07) is 0. The lowest BCUT2D eigenvalue weighted by molar-refractivity contribution is -0.276. The lowest BCUT2D eigenvalue weighted by Gasteiger charge is -2.38. The SMILES string of the molecule is CCOC(=O)C1(C=O)COC(C)(C)OC1. The Labute approximate surface area is 88.7 Å². The van der Waals surface area contributed by atoms with E-state index in [1.165, 1.54) is 0 Å². The Bertz CT molecular complexity index is 249. The van der Waals surface area contributed by atoms with Crippen molar-refractivity contribution in [3.05, 3.63) is 0 Å². The Morgan fingerprint density at radius 1 is 1.40 bits per heavy atom. The topological polar surface area (TPSA) is 61.8 Å². The molecule has 86 valence electrons. The first kappa shape index (κ1) is 12.1. The van der Waals surface area contributed by atoms with Crippen LogP contribution < -0.4 is 0 Å². The minimum atomic E-state index is -1.30. The summed E-state index contributed by atoms with van der Waals surface area (Å²) in [7, 11) is 0. The van der Waals surface area contributed by atoms with E-state index in [0.29, 0.717) is 6.29 Å². The third kappa shape index (κ3) is 2.54. The average Bonchev–Trinajstić information content (AvgIpc) is 2.19. The molecule has 0 atom stereocenters. The molecular weight excluding hydrogens is 200 g/mol. The molecule has 1 aliphatic heterocycles. The molecule has 1 aliphatic rings. The van der Waals surface area contributed by atoms with Gasteiger partial charge in [0.2, 0.25) is 0 Å². The number of hydrogen-bond acceptors (Lipinski definition) is 5. The third-order valence-electron chi connectivity index (χ3n) is 2.26. The van der Waals surface area contributed by atoms with Gasteiger partial charge >= 0.3 is 5.97 Å². The highest BCUT2D eigenvalue weighted by molar-refractivity contribution is 5.93. The van der Waals surface area contributed by atoms with Gasteiger partial charge < -0.3 is 19.0 Å². The van der Waals surface area contributed by atoms with E-state index in [4.69, 9.17) is 14.2 Å². The van der Waals surface area contributed by atoms with Crippen LogP contribution in [-0.2, 0) is 23.8 Å². The summed E-state index contributed by atoms with van der Waals surface area (Å²) >= 11 is 0. The summed E-state index contributed by atoms with van der Waals surface area (Å²) in [6.45, 7) is 5.38. The van der Waals surface area contributed by atoms with Crippen LogP contribution in [-0.4, -0.2) is 37.9 Å². The highest BCUT2D eigenvalue weighted by atomic mass is 16.7. The maximum absolute atomic E-state index is 11.5. The van der Waals surface area contributed by atoms with Crippen LogP contribution in [0.25, 0.3) is 0 Å². The minimum absolute atomic E-state index is 0.00231. The van der Waals surface area contributed by atoms with Crippen LogP contribution in [0.15, 0.2) is 0 Å². The van der Waals surface area contributed by atoms with Crippen molar-refractivity contribution in [1.29, 1.82) is 0 Å². The fourth-order valence-corrected chi connectivity index (χ4v) is 1.20. The molecule has 0 bridgehead atoms. The fraction of sp³-hybridized carbons (Fsp3) is 0.800. The largest absolute Gasteiger partial charge is 0.465 e. The predicted octanol–water partition coefficient (Wildman–Crippen LogP) is 0.518. The van der Waals surface area contributed by atoms with Gasteiger partial charge in [-0.15, -0.1) is 0 Å². The van der Waals surface area contributed by atoms with Crippen molar-refractivity contribution in [1.82, 2.24) is 0 Å². The van der Waals surface area contributed by atoms with E-state index in [2.05, 4.69) is 0 Å². The molecule has 5 nitrogen and oxygen atoms in total. The lowest BCUT2D eigenvalue weighted by atomic mass is 9.91. The summed E-state index contributed by atoms with van der Waals surface area (Å²) in [5, 5.41) is 0. The van der Waals surface area contributed by atoms with Crippen LogP contribution >= 0.6 is 0 Å². The van der Waals surface area contributed by atoms with Crippen LogP contribution in [0.5, 0.6) is 0 Å². The smallest absolute Gasteiger partial charge is 0.324 e. The van der Waals surface area contributed by atoms with E-state index >= 15 is 0 Å². The predicted molar refractivity (Wildman–Crippen MR) is 51.1 cm³/mol. The quantitative estimate of drug-likeness (QED) is 0.391. The van der Waals surface area contributed by atoms with Crippen molar-refractivity contribution in [3.63, 3.8) is 0 Å².